The molecular formula is C21H17F3O5. The normalized spacial score (nSPS) is 19.3. The van der Waals surface area contributed by atoms with Gasteiger partial charge in [-0.05, 0) is 11.1 Å². The number of alkyl halides is 3. The molecule has 1 unspecified atom stereocenters. The molecule has 0 aliphatic carbocycles. The van der Waals surface area contributed by atoms with E-state index < -0.39 is 42.3 Å². The Morgan fingerprint density at radius 3 is 2.14 bits per heavy atom. The van der Waals surface area contributed by atoms with E-state index in [4.69, 9.17) is 14.6 Å². The number of halogens is 3. The van der Waals surface area contributed by atoms with Crippen LogP contribution in [0.2, 0.25) is 0 Å². The number of carboxylic acid groups (broad SMARTS) is 1. The first-order chi connectivity index (χ1) is 13.7. The van der Waals surface area contributed by atoms with Crippen molar-refractivity contribution in [3.8, 4) is 0 Å². The van der Waals surface area contributed by atoms with Crippen LogP contribution in [0.5, 0.6) is 0 Å². The Kier molecular flexibility index (Phi) is 5.74. The molecule has 8 heteroatoms. The molecule has 1 aliphatic rings. The Hall–Kier alpha value is -3.13. The van der Waals surface area contributed by atoms with E-state index in [1.54, 1.807) is 36.4 Å². The topological polar surface area (TPSA) is 72.8 Å². The Balaban J connectivity index is 2.04. The quantitative estimate of drug-likeness (QED) is 0.704. The SMILES string of the molecule is O=C(O)CC1(C(F)(F)F)OC(=O)C(COCc2ccccc2)=C1c1ccccc1. The summed E-state index contributed by atoms with van der Waals surface area (Å²) in [5, 5.41) is 9.12. The number of carbonyl (C=O) groups is 2. The minimum atomic E-state index is -5.13. The number of rotatable bonds is 7. The minimum absolute atomic E-state index is 0.0511. The monoisotopic (exact) mass is 406 g/mol. The van der Waals surface area contributed by atoms with Gasteiger partial charge in [0, 0.05) is 5.57 Å². The van der Waals surface area contributed by atoms with Crippen LogP contribution in [0.15, 0.2) is 66.2 Å². The zero-order valence-corrected chi connectivity index (χ0v) is 15.1. The van der Waals surface area contributed by atoms with Crippen LogP contribution in [0.1, 0.15) is 17.5 Å². The third-order valence-electron chi connectivity index (χ3n) is 4.50. The first-order valence-electron chi connectivity index (χ1n) is 8.67. The minimum Gasteiger partial charge on any atom is -0.481 e. The van der Waals surface area contributed by atoms with Crippen LogP contribution >= 0.6 is 0 Å². The third-order valence-corrected chi connectivity index (χ3v) is 4.50. The molecule has 0 bridgehead atoms. The number of hydrogen-bond acceptors (Lipinski definition) is 4. The zero-order chi connectivity index (χ0) is 21.1. The van der Waals surface area contributed by atoms with Gasteiger partial charge in [-0.3, -0.25) is 4.79 Å². The van der Waals surface area contributed by atoms with Crippen molar-refractivity contribution < 1.29 is 37.3 Å². The van der Waals surface area contributed by atoms with E-state index in [-0.39, 0.29) is 17.7 Å². The second-order valence-corrected chi connectivity index (χ2v) is 6.48. The highest BCUT2D eigenvalue weighted by Gasteiger charge is 2.66. The molecule has 29 heavy (non-hydrogen) atoms. The highest BCUT2D eigenvalue weighted by molar-refractivity contribution is 6.05. The summed E-state index contributed by atoms with van der Waals surface area (Å²) < 4.78 is 52.3. The van der Waals surface area contributed by atoms with E-state index in [1.165, 1.54) is 24.3 Å². The average molecular weight is 406 g/mol. The standard InChI is InChI=1S/C21H17F3O5/c22-21(23,24)20(11-17(25)26)18(15-9-5-2-6-10-15)16(19(27)29-20)13-28-12-14-7-3-1-4-8-14/h1-10H,11-13H2,(H,25,26). The number of cyclic esters (lactones) is 1. The smallest absolute Gasteiger partial charge is 0.433 e. The molecule has 0 aromatic heterocycles. The van der Waals surface area contributed by atoms with Gasteiger partial charge in [0.1, 0.15) is 0 Å². The summed E-state index contributed by atoms with van der Waals surface area (Å²) in [7, 11) is 0. The summed E-state index contributed by atoms with van der Waals surface area (Å²) in [4.78, 5) is 23.6. The largest absolute Gasteiger partial charge is 0.481 e. The van der Waals surface area contributed by atoms with Gasteiger partial charge in [0.05, 0.1) is 25.2 Å². The number of esters is 1. The summed E-state index contributed by atoms with van der Waals surface area (Å²) in [6.45, 7) is -0.382. The molecule has 0 spiro atoms. The summed E-state index contributed by atoms with van der Waals surface area (Å²) in [6.07, 6.45) is -6.57. The van der Waals surface area contributed by atoms with Crippen molar-refractivity contribution in [3.63, 3.8) is 0 Å². The van der Waals surface area contributed by atoms with Gasteiger partial charge < -0.3 is 14.6 Å². The summed E-state index contributed by atoms with van der Waals surface area (Å²) in [6, 6.07) is 16.2. The fourth-order valence-corrected chi connectivity index (χ4v) is 3.24. The lowest BCUT2D eigenvalue weighted by Crippen LogP contribution is -2.48. The van der Waals surface area contributed by atoms with E-state index in [0.717, 1.165) is 5.56 Å². The Bertz CT molecular complexity index is 922. The van der Waals surface area contributed by atoms with Gasteiger partial charge in [0.25, 0.3) is 0 Å². The first-order valence-corrected chi connectivity index (χ1v) is 8.67. The van der Waals surface area contributed by atoms with Gasteiger partial charge in [-0.25, -0.2) is 4.79 Å². The van der Waals surface area contributed by atoms with Crippen LogP contribution in [0.25, 0.3) is 5.57 Å². The van der Waals surface area contributed by atoms with Crippen LogP contribution < -0.4 is 0 Å². The van der Waals surface area contributed by atoms with Crippen LogP contribution in [0.4, 0.5) is 13.2 Å². The molecule has 152 valence electrons. The highest BCUT2D eigenvalue weighted by Crippen LogP contribution is 2.51. The molecule has 3 rings (SSSR count). The maximum Gasteiger partial charge on any atom is 0.433 e. The van der Waals surface area contributed by atoms with E-state index in [1.807, 2.05) is 0 Å². The lowest BCUT2D eigenvalue weighted by molar-refractivity contribution is -0.244. The molecule has 1 heterocycles. The average Bonchev–Trinajstić information content (AvgIpc) is 2.95. The molecule has 1 N–H and O–H groups in total. The van der Waals surface area contributed by atoms with Crippen LogP contribution in [0.3, 0.4) is 0 Å². The number of carbonyl (C=O) groups excluding carboxylic acids is 1. The predicted octanol–water partition coefficient (Wildman–Crippen LogP) is 3.99. The predicted molar refractivity (Wildman–Crippen MR) is 96.6 cm³/mol. The van der Waals surface area contributed by atoms with Gasteiger partial charge in [-0.1, -0.05) is 60.7 Å². The lowest BCUT2D eigenvalue weighted by Gasteiger charge is -2.31. The van der Waals surface area contributed by atoms with Crippen molar-refractivity contribution in [1.29, 1.82) is 0 Å². The number of benzene rings is 2. The van der Waals surface area contributed by atoms with Gasteiger partial charge in [0.15, 0.2) is 0 Å². The summed E-state index contributed by atoms with van der Waals surface area (Å²) in [5.74, 6) is -2.98. The summed E-state index contributed by atoms with van der Waals surface area (Å²) in [5.41, 5.74) is -3.32. The van der Waals surface area contributed by atoms with E-state index >= 15 is 0 Å². The number of aliphatic carboxylic acids is 1. The van der Waals surface area contributed by atoms with Crippen LogP contribution in [-0.4, -0.2) is 35.4 Å². The molecule has 0 amide bonds. The second kappa shape index (κ2) is 8.08. The molecular weight excluding hydrogens is 389 g/mol. The molecule has 1 atom stereocenters. The van der Waals surface area contributed by atoms with Gasteiger partial charge >= 0.3 is 18.1 Å². The van der Waals surface area contributed by atoms with Crippen molar-refractivity contribution in [2.75, 3.05) is 6.61 Å². The first kappa shape index (κ1) is 20.6. The van der Waals surface area contributed by atoms with Crippen molar-refractivity contribution in [1.82, 2.24) is 0 Å². The number of hydrogen-bond donors (Lipinski definition) is 1. The van der Waals surface area contributed by atoms with Crippen molar-refractivity contribution in [2.24, 2.45) is 0 Å². The molecule has 0 saturated carbocycles. The Morgan fingerprint density at radius 2 is 1.59 bits per heavy atom. The van der Waals surface area contributed by atoms with Crippen LogP contribution in [-0.2, 0) is 25.7 Å². The van der Waals surface area contributed by atoms with Crippen molar-refractivity contribution >= 4 is 17.5 Å². The van der Waals surface area contributed by atoms with E-state index in [2.05, 4.69) is 0 Å². The third kappa shape index (κ3) is 4.17. The van der Waals surface area contributed by atoms with E-state index in [0.29, 0.717) is 0 Å². The molecule has 0 saturated heterocycles. The Labute approximate surface area is 164 Å². The molecule has 2 aromatic rings. The zero-order valence-electron chi connectivity index (χ0n) is 15.1. The van der Waals surface area contributed by atoms with Crippen molar-refractivity contribution in [2.45, 2.75) is 24.8 Å². The second-order valence-electron chi connectivity index (χ2n) is 6.48. The maximum absolute atomic E-state index is 14.0. The van der Waals surface area contributed by atoms with Crippen molar-refractivity contribution in [3.05, 3.63) is 77.4 Å². The van der Waals surface area contributed by atoms with Gasteiger partial charge in [0.2, 0.25) is 5.60 Å². The van der Waals surface area contributed by atoms with Crippen LogP contribution in [0, 0.1) is 0 Å². The highest BCUT2D eigenvalue weighted by atomic mass is 19.4. The van der Waals surface area contributed by atoms with Gasteiger partial charge in [-0.15, -0.1) is 0 Å². The fraction of sp³-hybridized carbons (Fsp3) is 0.238. The molecule has 0 radical (unpaired) electrons. The summed E-state index contributed by atoms with van der Waals surface area (Å²) >= 11 is 0. The molecule has 1 aliphatic heterocycles. The number of ether oxygens (including phenoxy) is 2. The molecule has 5 nitrogen and oxygen atoms in total. The maximum atomic E-state index is 14.0. The molecule has 0 fully saturated rings. The molecule has 2 aromatic carbocycles. The lowest BCUT2D eigenvalue weighted by atomic mass is 9.83. The Morgan fingerprint density at radius 1 is 1.00 bits per heavy atom. The van der Waals surface area contributed by atoms with E-state index in [9.17, 15) is 22.8 Å². The van der Waals surface area contributed by atoms with Gasteiger partial charge in [-0.2, -0.15) is 13.2 Å². The fourth-order valence-electron chi connectivity index (χ4n) is 3.24. The number of carboxylic acids is 1.